The van der Waals surface area contributed by atoms with Gasteiger partial charge in [-0.3, -0.25) is 19.5 Å². The van der Waals surface area contributed by atoms with Crippen molar-refractivity contribution in [2.75, 3.05) is 5.75 Å². The first kappa shape index (κ1) is 28.4. The highest BCUT2D eigenvalue weighted by molar-refractivity contribution is 7.99. The zero-order chi connectivity index (χ0) is 28.7. The number of hydrazone groups is 1. The van der Waals surface area contributed by atoms with E-state index in [-0.39, 0.29) is 22.8 Å². The quantitative estimate of drug-likeness (QED) is 0.111. The maximum atomic E-state index is 12.5. The molecule has 0 unspecified atom stereocenters. The first-order chi connectivity index (χ1) is 19.1. The molecule has 1 N–H and O–H groups in total. The smallest absolute Gasteiger partial charge is 0.272 e. The summed E-state index contributed by atoms with van der Waals surface area (Å²) in [5.74, 6) is 0.429. The summed E-state index contributed by atoms with van der Waals surface area (Å²) in [5.41, 5.74) is 7.12. The number of nitro benzene ring substituents is 1. The molecule has 204 valence electrons. The molecule has 3 aromatic carbocycles. The van der Waals surface area contributed by atoms with E-state index in [1.165, 1.54) is 35.7 Å². The Morgan fingerprint density at radius 3 is 2.42 bits per heavy atom. The van der Waals surface area contributed by atoms with Gasteiger partial charge in [-0.1, -0.05) is 86.6 Å². The summed E-state index contributed by atoms with van der Waals surface area (Å²) in [6, 6.07) is 22.7. The topological polar surface area (TPSA) is 115 Å². The van der Waals surface area contributed by atoms with Gasteiger partial charge in [0.2, 0.25) is 0 Å². The summed E-state index contributed by atoms with van der Waals surface area (Å²) in [6.07, 6.45) is 4.45. The Morgan fingerprint density at radius 2 is 1.75 bits per heavy atom. The molecule has 9 nitrogen and oxygen atoms in total. The third-order valence-electron chi connectivity index (χ3n) is 6.03. The number of thioether (sulfide) groups is 1. The van der Waals surface area contributed by atoms with Crippen LogP contribution in [-0.2, 0) is 10.2 Å². The van der Waals surface area contributed by atoms with Crippen LogP contribution in [0.15, 0.2) is 89.1 Å². The van der Waals surface area contributed by atoms with Crippen LogP contribution < -0.4 is 5.43 Å². The number of aromatic nitrogens is 3. The first-order valence-electron chi connectivity index (χ1n) is 12.6. The van der Waals surface area contributed by atoms with Crippen LogP contribution in [-0.4, -0.2) is 37.6 Å². The summed E-state index contributed by atoms with van der Waals surface area (Å²) in [6.45, 7) is 8.55. The lowest BCUT2D eigenvalue weighted by atomic mass is 9.87. The molecular formula is C30H30N6O3S. The maximum Gasteiger partial charge on any atom is 0.276 e. The van der Waals surface area contributed by atoms with Crippen molar-refractivity contribution in [1.82, 2.24) is 20.2 Å². The van der Waals surface area contributed by atoms with Gasteiger partial charge >= 0.3 is 0 Å². The van der Waals surface area contributed by atoms with Crippen LogP contribution in [0.25, 0.3) is 23.2 Å². The zero-order valence-corrected chi connectivity index (χ0v) is 23.6. The highest BCUT2D eigenvalue weighted by atomic mass is 32.2. The molecular weight excluding hydrogens is 524 g/mol. The van der Waals surface area contributed by atoms with E-state index in [9.17, 15) is 14.9 Å². The van der Waals surface area contributed by atoms with E-state index in [1.54, 1.807) is 24.3 Å². The third-order valence-corrected chi connectivity index (χ3v) is 6.96. The lowest BCUT2D eigenvalue weighted by molar-refractivity contribution is -0.385. The Kier molecular flexibility index (Phi) is 8.90. The van der Waals surface area contributed by atoms with E-state index in [0.29, 0.717) is 16.5 Å². The second-order valence-corrected chi connectivity index (χ2v) is 11.0. The minimum absolute atomic E-state index is 0.00483. The van der Waals surface area contributed by atoms with Crippen molar-refractivity contribution in [3.63, 3.8) is 0 Å². The molecule has 0 bridgehead atoms. The molecule has 10 heteroatoms. The van der Waals surface area contributed by atoms with E-state index in [4.69, 9.17) is 0 Å². The van der Waals surface area contributed by atoms with E-state index in [0.717, 1.165) is 16.8 Å². The molecule has 40 heavy (non-hydrogen) atoms. The van der Waals surface area contributed by atoms with Crippen molar-refractivity contribution in [2.24, 2.45) is 5.10 Å². The van der Waals surface area contributed by atoms with E-state index >= 15 is 0 Å². The third kappa shape index (κ3) is 7.09. The molecule has 0 saturated carbocycles. The van der Waals surface area contributed by atoms with Crippen molar-refractivity contribution >= 4 is 35.6 Å². The molecule has 1 amide bonds. The van der Waals surface area contributed by atoms with Gasteiger partial charge in [0.1, 0.15) is 0 Å². The van der Waals surface area contributed by atoms with Gasteiger partial charge in [0, 0.05) is 23.5 Å². The number of allylic oxidation sites excluding steroid dienone is 1. The lowest BCUT2D eigenvalue weighted by Gasteiger charge is -2.19. The number of hydrogen-bond donors (Lipinski definition) is 1. The largest absolute Gasteiger partial charge is 0.276 e. The summed E-state index contributed by atoms with van der Waals surface area (Å²) in [5, 5.41) is 24.5. The molecule has 1 heterocycles. The van der Waals surface area contributed by atoms with Crippen molar-refractivity contribution in [3.05, 3.63) is 106 Å². The average Bonchev–Trinajstić information content (AvgIpc) is 3.36. The van der Waals surface area contributed by atoms with Crippen LogP contribution in [0.5, 0.6) is 0 Å². The van der Waals surface area contributed by atoms with Crippen molar-refractivity contribution < 1.29 is 9.72 Å². The number of nitro groups is 1. The van der Waals surface area contributed by atoms with Crippen molar-refractivity contribution in [2.45, 2.75) is 38.3 Å². The molecule has 1 aromatic heterocycles. The van der Waals surface area contributed by atoms with Crippen LogP contribution in [0.3, 0.4) is 0 Å². The van der Waals surface area contributed by atoms with Crippen LogP contribution in [0, 0.1) is 17.0 Å². The minimum Gasteiger partial charge on any atom is -0.272 e. The Labute approximate surface area is 237 Å². The molecule has 0 radical (unpaired) electrons. The Bertz CT molecular complexity index is 1550. The number of nitrogens with zero attached hydrogens (tertiary/aromatic N) is 5. The molecule has 0 aliphatic carbocycles. The zero-order valence-electron chi connectivity index (χ0n) is 22.7. The fourth-order valence-electron chi connectivity index (χ4n) is 3.85. The van der Waals surface area contributed by atoms with Gasteiger partial charge in [-0.05, 0) is 48.3 Å². The summed E-state index contributed by atoms with van der Waals surface area (Å²) >= 11 is 1.25. The van der Waals surface area contributed by atoms with Gasteiger partial charge in [0.15, 0.2) is 11.0 Å². The number of carbonyl (C=O) groups is 1. The van der Waals surface area contributed by atoms with E-state index < -0.39 is 4.92 Å². The van der Waals surface area contributed by atoms with Crippen LogP contribution in [0.1, 0.15) is 37.5 Å². The maximum absolute atomic E-state index is 12.5. The van der Waals surface area contributed by atoms with Gasteiger partial charge in [0.05, 0.1) is 16.2 Å². The molecule has 0 spiro atoms. The van der Waals surface area contributed by atoms with Gasteiger partial charge in [-0.25, -0.2) is 5.43 Å². The van der Waals surface area contributed by atoms with Crippen molar-refractivity contribution in [3.8, 4) is 17.1 Å². The average molecular weight is 555 g/mol. The number of rotatable bonds is 9. The Morgan fingerprint density at radius 1 is 1.05 bits per heavy atom. The number of para-hydroxylation sites is 1. The molecule has 0 fully saturated rings. The molecule has 4 rings (SSSR count). The van der Waals surface area contributed by atoms with Crippen LogP contribution in [0.4, 0.5) is 5.69 Å². The fourth-order valence-corrected chi connectivity index (χ4v) is 4.60. The molecule has 0 aliphatic rings. The Hall–Kier alpha value is -4.57. The van der Waals surface area contributed by atoms with Crippen molar-refractivity contribution in [1.29, 1.82) is 0 Å². The van der Waals surface area contributed by atoms with Gasteiger partial charge in [-0.15, -0.1) is 10.2 Å². The van der Waals surface area contributed by atoms with Gasteiger partial charge in [0.25, 0.3) is 11.6 Å². The monoisotopic (exact) mass is 554 g/mol. The van der Waals surface area contributed by atoms with E-state index in [1.807, 2.05) is 47.9 Å². The highest BCUT2D eigenvalue weighted by Crippen LogP contribution is 2.30. The van der Waals surface area contributed by atoms with Crippen LogP contribution >= 0.6 is 11.8 Å². The summed E-state index contributed by atoms with van der Waals surface area (Å²) in [7, 11) is 0. The lowest BCUT2D eigenvalue weighted by Crippen LogP contribution is -2.19. The standard InChI is InChI=1S/C30H30N6O3S/c1-21-11-17-25(18-12-21)35-28(23-13-15-24(16-14-23)30(2,3)4)33-34-29(35)40-20-27(37)32-31-19-7-9-22-8-5-6-10-26(22)36(38)39/h5-19H,20H2,1-4H3,(H,32,37)/b9-7+,31-19-. The second-order valence-electron chi connectivity index (χ2n) is 10.1. The van der Waals surface area contributed by atoms with Crippen LogP contribution in [0.2, 0.25) is 0 Å². The second kappa shape index (κ2) is 12.5. The first-order valence-corrected chi connectivity index (χ1v) is 13.6. The van der Waals surface area contributed by atoms with E-state index in [2.05, 4.69) is 53.6 Å². The predicted molar refractivity (Wildman–Crippen MR) is 160 cm³/mol. The fraction of sp³-hybridized carbons (Fsp3) is 0.200. The highest BCUT2D eigenvalue weighted by Gasteiger charge is 2.19. The minimum atomic E-state index is -0.447. The molecule has 0 atom stereocenters. The normalized spacial score (nSPS) is 11.8. The number of benzene rings is 3. The summed E-state index contributed by atoms with van der Waals surface area (Å²) < 4.78 is 1.95. The molecule has 0 aliphatic heterocycles. The number of nitrogens with one attached hydrogen (secondary N) is 1. The number of carbonyl (C=O) groups excluding carboxylic acids is 1. The SMILES string of the molecule is Cc1ccc(-n2c(SCC(=O)N/N=C\C=C\c3ccccc3[N+](=O)[O-])nnc2-c2ccc(C(C)(C)C)cc2)cc1. The van der Waals surface area contributed by atoms with Gasteiger partial charge in [-0.2, -0.15) is 5.10 Å². The molecule has 4 aromatic rings. The Balaban J connectivity index is 1.47. The van der Waals surface area contributed by atoms with Gasteiger partial charge < -0.3 is 0 Å². The number of hydrogen-bond acceptors (Lipinski definition) is 7. The molecule has 0 saturated heterocycles. The summed E-state index contributed by atoms with van der Waals surface area (Å²) in [4.78, 5) is 23.1. The number of aryl methyl sites for hydroxylation is 1. The predicted octanol–water partition coefficient (Wildman–Crippen LogP) is 6.36. The number of amides is 1.